The molecule has 2 N–H and O–H groups in total. The summed E-state index contributed by atoms with van der Waals surface area (Å²) < 4.78 is 0. The van der Waals surface area contributed by atoms with Gasteiger partial charge in [0.2, 0.25) is 5.91 Å². The van der Waals surface area contributed by atoms with Crippen LogP contribution in [-0.4, -0.2) is 16.3 Å². The number of hydrogen-bond acceptors (Lipinski definition) is 3. The zero-order valence-electron chi connectivity index (χ0n) is 12.3. The van der Waals surface area contributed by atoms with E-state index in [0.29, 0.717) is 11.6 Å². The molecule has 1 atom stereocenters. The number of benzene rings is 2. The molecular weight excluding hydrogens is 318 g/mol. The van der Waals surface area contributed by atoms with Gasteiger partial charge in [-0.1, -0.05) is 35.9 Å². The van der Waals surface area contributed by atoms with Crippen molar-refractivity contribution in [3.8, 4) is 0 Å². The van der Waals surface area contributed by atoms with Gasteiger partial charge in [-0.25, -0.2) is 0 Å². The SMILES string of the molecule is CC(Sc1ccc(Cl)cc1)C(=O)NCc1ccccc1CO. The lowest BCUT2D eigenvalue weighted by atomic mass is 10.1. The standard InChI is InChI=1S/C17H18ClNO2S/c1-12(22-16-8-6-15(18)7-9-16)17(21)19-10-13-4-2-3-5-14(13)11-20/h2-9,12,20H,10-11H2,1H3,(H,19,21). The Labute approximate surface area is 139 Å². The van der Waals surface area contributed by atoms with Crippen LogP contribution in [0.2, 0.25) is 5.02 Å². The Morgan fingerprint density at radius 2 is 1.82 bits per heavy atom. The van der Waals surface area contributed by atoms with E-state index < -0.39 is 0 Å². The Balaban J connectivity index is 1.90. The van der Waals surface area contributed by atoms with Gasteiger partial charge in [-0.05, 0) is 42.3 Å². The summed E-state index contributed by atoms with van der Waals surface area (Å²) in [5.41, 5.74) is 1.77. The van der Waals surface area contributed by atoms with Crippen LogP contribution < -0.4 is 5.32 Å². The Kier molecular flexibility index (Phi) is 6.31. The van der Waals surface area contributed by atoms with Gasteiger partial charge in [0, 0.05) is 16.5 Å². The molecule has 0 saturated heterocycles. The van der Waals surface area contributed by atoms with Crippen LogP contribution in [-0.2, 0) is 17.9 Å². The van der Waals surface area contributed by atoms with Crippen molar-refractivity contribution in [1.82, 2.24) is 5.32 Å². The lowest BCUT2D eigenvalue weighted by Crippen LogP contribution is -2.30. The highest BCUT2D eigenvalue weighted by Gasteiger charge is 2.14. The average Bonchev–Trinajstić information content (AvgIpc) is 2.54. The summed E-state index contributed by atoms with van der Waals surface area (Å²) in [6.07, 6.45) is 0. The molecule has 0 aliphatic rings. The molecule has 0 saturated carbocycles. The smallest absolute Gasteiger partial charge is 0.233 e. The summed E-state index contributed by atoms with van der Waals surface area (Å²) in [7, 11) is 0. The van der Waals surface area contributed by atoms with Gasteiger partial charge in [0.05, 0.1) is 11.9 Å². The van der Waals surface area contributed by atoms with Crippen molar-refractivity contribution < 1.29 is 9.90 Å². The normalized spacial score (nSPS) is 12.0. The third-order valence-corrected chi connectivity index (χ3v) is 4.60. The van der Waals surface area contributed by atoms with E-state index in [4.69, 9.17) is 11.6 Å². The fraction of sp³-hybridized carbons (Fsp3) is 0.235. The largest absolute Gasteiger partial charge is 0.392 e. The summed E-state index contributed by atoms with van der Waals surface area (Å²) in [6.45, 7) is 2.26. The maximum absolute atomic E-state index is 12.2. The van der Waals surface area contributed by atoms with Crippen molar-refractivity contribution in [2.75, 3.05) is 0 Å². The molecule has 0 aromatic heterocycles. The second-order valence-electron chi connectivity index (χ2n) is 4.86. The van der Waals surface area contributed by atoms with Crippen LogP contribution in [0.5, 0.6) is 0 Å². The maximum Gasteiger partial charge on any atom is 0.233 e. The van der Waals surface area contributed by atoms with Crippen LogP contribution in [0.4, 0.5) is 0 Å². The Hall–Kier alpha value is -1.49. The highest BCUT2D eigenvalue weighted by Crippen LogP contribution is 2.24. The van der Waals surface area contributed by atoms with Crippen LogP contribution in [0.1, 0.15) is 18.1 Å². The van der Waals surface area contributed by atoms with Crippen LogP contribution in [0.25, 0.3) is 0 Å². The minimum absolute atomic E-state index is 0.0267. The number of hydrogen-bond donors (Lipinski definition) is 2. The summed E-state index contributed by atoms with van der Waals surface area (Å²) in [5.74, 6) is -0.0345. The van der Waals surface area contributed by atoms with Gasteiger partial charge in [0.15, 0.2) is 0 Å². The molecule has 5 heteroatoms. The molecule has 0 radical (unpaired) electrons. The summed E-state index contributed by atoms with van der Waals surface area (Å²) in [5, 5.41) is 12.7. The number of halogens is 1. The van der Waals surface area contributed by atoms with Crippen molar-refractivity contribution in [2.45, 2.75) is 30.2 Å². The van der Waals surface area contributed by atoms with E-state index >= 15 is 0 Å². The lowest BCUT2D eigenvalue weighted by molar-refractivity contribution is -0.120. The van der Waals surface area contributed by atoms with E-state index in [9.17, 15) is 9.90 Å². The van der Waals surface area contributed by atoms with Crippen molar-refractivity contribution in [3.05, 3.63) is 64.7 Å². The number of thioether (sulfide) groups is 1. The molecule has 2 aromatic rings. The molecule has 0 aliphatic carbocycles. The Morgan fingerprint density at radius 1 is 1.18 bits per heavy atom. The number of carbonyl (C=O) groups excluding carboxylic acids is 1. The summed E-state index contributed by atoms with van der Waals surface area (Å²) in [4.78, 5) is 13.2. The number of aliphatic hydroxyl groups excluding tert-OH is 1. The third kappa shape index (κ3) is 4.77. The molecule has 116 valence electrons. The number of carbonyl (C=O) groups is 1. The molecule has 22 heavy (non-hydrogen) atoms. The molecular formula is C17H18ClNO2S. The van der Waals surface area contributed by atoms with Gasteiger partial charge in [-0.15, -0.1) is 11.8 Å². The molecule has 0 aliphatic heterocycles. The van der Waals surface area contributed by atoms with Crippen LogP contribution in [0.3, 0.4) is 0 Å². The number of aliphatic hydroxyl groups is 1. The fourth-order valence-corrected chi connectivity index (χ4v) is 3.00. The molecule has 0 spiro atoms. The second kappa shape index (κ2) is 8.22. The zero-order chi connectivity index (χ0) is 15.9. The van der Waals surface area contributed by atoms with E-state index in [-0.39, 0.29) is 17.8 Å². The first kappa shape index (κ1) is 16.9. The highest BCUT2D eigenvalue weighted by atomic mass is 35.5. The van der Waals surface area contributed by atoms with Crippen molar-refractivity contribution in [2.24, 2.45) is 0 Å². The van der Waals surface area contributed by atoms with Crippen LogP contribution >= 0.6 is 23.4 Å². The summed E-state index contributed by atoms with van der Waals surface area (Å²) >= 11 is 7.33. The average molecular weight is 336 g/mol. The van der Waals surface area contributed by atoms with Crippen molar-refractivity contribution >= 4 is 29.3 Å². The van der Waals surface area contributed by atoms with E-state index in [1.165, 1.54) is 11.8 Å². The number of nitrogens with one attached hydrogen (secondary N) is 1. The first-order valence-electron chi connectivity index (χ1n) is 6.97. The van der Waals surface area contributed by atoms with Crippen molar-refractivity contribution in [3.63, 3.8) is 0 Å². The van der Waals surface area contributed by atoms with E-state index in [1.54, 1.807) is 0 Å². The van der Waals surface area contributed by atoms with Gasteiger partial charge >= 0.3 is 0 Å². The van der Waals surface area contributed by atoms with E-state index in [0.717, 1.165) is 16.0 Å². The molecule has 2 aromatic carbocycles. The minimum Gasteiger partial charge on any atom is -0.392 e. The maximum atomic E-state index is 12.2. The molecule has 1 amide bonds. The number of rotatable bonds is 6. The Morgan fingerprint density at radius 3 is 2.45 bits per heavy atom. The first-order chi connectivity index (χ1) is 10.6. The molecule has 2 rings (SSSR count). The van der Waals surface area contributed by atoms with E-state index in [1.807, 2.05) is 55.5 Å². The number of amides is 1. The molecule has 0 heterocycles. The van der Waals surface area contributed by atoms with Gasteiger partial charge in [0.1, 0.15) is 0 Å². The molecule has 1 unspecified atom stereocenters. The van der Waals surface area contributed by atoms with Crippen LogP contribution in [0.15, 0.2) is 53.4 Å². The first-order valence-corrected chi connectivity index (χ1v) is 8.23. The van der Waals surface area contributed by atoms with Gasteiger partial charge in [0.25, 0.3) is 0 Å². The van der Waals surface area contributed by atoms with Gasteiger partial charge in [-0.2, -0.15) is 0 Å². The van der Waals surface area contributed by atoms with Crippen LogP contribution in [0, 0.1) is 0 Å². The van der Waals surface area contributed by atoms with Gasteiger partial charge in [-0.3, -0.25) is 4.79 Å². The highest BCUT2D eigenvalue weighted by molar-refractivity contribution is 8.00. The lowest BCUT2D eigenvalue weighted by Gasteiger charge is -2.13. The monoisotopic (exact) mass is 335 g/mol. The topological polar surface area (TPSA) is 49.3 Å². The summed E-state index contributed by atoms with van der Waals surface area (Å²) in [6, 6.07) is 15.0. The van der Waals surface area contributed by atoms with Gasteiger partial charge < -0.3 is 10.4 Å². The fourth-order valence-electron chi connectivity index (χ4n) is 1.98. The Bertz CT molecular complexity index is 631. The zero-order valence-corrected chi connectivity index (χ0v) is 13.8. The second-order valence-corrected chi connectivity index (χ2v) is 6.71. The van der Waals surface area contributed by atoms with Crippen molar-refractivity contribution in [1.29, 1.82) is 0 Å². The quantitative estimate of drug-likeness (QED) is 0.792. The predicted molar refractivity (Wildman–Crippen MR) is 91.0 cm³/mol. The molecule has 0 bridgehead atoms. The molecule has 3 nitrogen and oxygen atoms in total. The molecule has 0 fully saturated rings. The minimum atomic E-state index is -0.206. The predicted octanol–water partition coefficient (Wildman–Crippen LogP) is 3.63. The van der Waals surface area contributed by atoms with E-state index in [2.05, 4.69) is 5.32 Å². The third-order valence-electron chi connectivity index (χ3n) is 3.24.